The molecule has 0 fully saturated rings. The van der Waals surface area contributed by atoms with Crippen molar-refractivity contribution < 1.29 is 24.5 Å². The molecule has 0 aromatic rings. The number of hydrogen-bond acceptors (Lipinski definition) is 5. The Morgan fingerprint density at radius 2 is 0.812 bits per heavy atom. The van der Waals surface area contributed by atoms with E-state index in [9.17, 15) is 19.8 Å². The van der Waals surface area contributed by atoms with Crippen LogP contribution in [0.3, 0.4) is 0 Å². The van der Waals surface area contributed by atoms with Crippen molar-refractivity contribution in [2.45, 2.75) is 277 Å². The molecule has 0 saturated heterocycles. The second-order valence-electron chi connectivity index (χ2n) is 18.3. The number of esters is 1. The Balaban J connectivity index is 4.68. The fourth-order valence-corrected chi connectivity index (χ4v) is 7.96. The zero-order valence-corrected chi connectivity index (χ0v) is 42.1. The molecule has 0 rings (SSSR count). The lowest BCUT2D eigenvalue weighted by Crippen LogP contribution is -2.46. The lowest BCUT2D eigenvalue weighted by molar-refractivity contribution is -0.148. The van der Waals surface area contributed by atoms with Gasteiger partial charge in [0.2, 0.25) is 5.91 Å². The molecule has 0 spiro atoms. The van der Waals surface area contributed by atoms with Gasteiger partial charge in [-0.15, -0.1) is 0 Å². The van der Waals surface area contributed by atoms with E-state index in [2.05, 4.69) is 86.8 Å². The summed E-state index contributed by atoms with van der Waals surface area (Å²) in [5.74, 6) is -0.627. The quantitative estimate of drug-likeness (QED) is 0.0321. The van der Waals surface area contributed by atoms with Crippen LogP contribution < -0.4 is 5.32 Å². The van der Waals surface area contributed by atoms with Crippen LogP contribution in [0.1, 0.15) is 258 Å². The van der Waals surface area contributed by atoms with Gasteiger partial charge in [0.1, 0.15) is 6.10 Å². The average Bonchev–Trinajstić information content (AvgIpc) is 3.29. The highest BCUT2D eigenvalue weighted by atomic mass is 16.5. The Kier molecular flexibility index (Phi) is 49.1. The zero-order chi connectivity index (χ0) is 46.7. The van der Waals surface area contributed by atoms with Gasteiger partial charge in [-0.2, -0.15) is 0 Å². The summed E-state index contributed by atoms with van der Waals surface area (Å²) < 4.78 is 5.82. The van der Waals surface area contributed by atoms with Crippen LogP contribution in [0, 0.1) is 0 Å². The van der Waals surface area contributed by atoms with Crippen LogP contribution in [-0.2, 0) is 14.3 Å². The molecule has 0 radical (unpaired) electrons. The van der Waals surface area contributed by atoms with E-state index in [0.29, 0.717) is 19.3 Å². The molecule has 6 nitrogen and oxygen atoms in total. The number of ether oxygens (including phenoxy) is 1. The molecule has 3 N–H and O–H groups in total. The molecule has 0 aliphatic heterocycles. The molecule has 0 heterocycles. The molecule has 3 atom stereocenters. The van der Waals surface area contributed by atoms with E-state index < -0.39 is 18.2 Å². The first-order valence-corrected chi connectivity index (χ1v) is 27.2. The van der Waals surface area contributed by atoms with E-state index in [1.807, 2.05) is 6.08 Å². The largest absolute Gasteiger partial charge is 0.458 e. The van der Waals surface area contributed by atoms with Crippen LogP contribution >= 0.6 is 0 Å². The molecule has 3 unspecified atom stereocenters. The van der Waals surface area contributed by atoms with Gasteiger partial charge in [0.15, 0.2) is 0 Å². The standard InChI is InChI=1S/C58H103NO5/c1-4-7-10-13-16-19-22-24-26-28-30-32-35-37-40-43-46-49-54(64-58(63)51-48-45-42-39-34-21-18-15-12-9-6-3)52-57(62)59-55(53-60)56(61)50-47-44-41-38-36-33-31-29-27-25-23-20-17-14-11-8-5-2/h7,10,16,19,24,26,30,32,37,40,46,49,54-56,60-61H,4-6,8-9,11-15,17-18,20-23,25,27-29,31,33-36,38-39,41-45,47-48,50-53H2,1-3H3,(H,59,62)/b10-7-,19-16-,26-24-,32-30-,40-37-,49-46-. The predicted octanol–water partition coefficient (Wildman–Crippen LogP) is 16.6. The summed E-state index contributed by atoms with van der Waals surface area (Å²) in [5.41, 5.74) is 0. The highest BCUT2D eigenvalue weighted by molar-refractivity contribution is 5.78. The van der Waals surface area contributed by atoms with Crippen molar-refractivity contribution in [2.75, 3.05) is 6.61 Å². The van der Waals surface area contributed by atoms with Crippen molar-refractivity contribution in [3.63, 3.8) is 0 Å². The number of nitrogens with one attached hydrogen (secondary N) is 1. The second kappa shape index (κ2) is 51.3. The van der Waals surface area contributed by atoms with Crippen molar-refractivity contribution in [1.82, 2.24) is 5.32 Å². The van der Waals surface area contributed by atoms with Gasteiger partial charge in [-0.25, -0.2) is 0 Å². The summed E-state index contributed by atoms with van der Waals surface area (Å²) in [6.07, 6.45) is 65.7. The Bertz CT molecular complexity index is 1190. The van der Waals surface area contributed by atoms with E-state index in [1.54, 1.807) is 6.08 Å². The van der Waals surface area contributed by atoms with Gasteiger partial charge in [-0.3, -0.25) is 9.59 Å². The lowest BCUT2D eigenvalue weighted by Gasteiger charge is -2.23. The molecule has 0 aromatic heterocycles. The number of rotatable bonds is 48. The van der Waals surface area contributed by atoms with E-state index in [4.69, 9.17) is 4.74 Å². The molecular weight excluding hydrogens is 791 g/mol. The molecule has 0 aliphatic rings. The maximum atomic E-state index is 13.2. The highest BCUT2D eigenvalue weighted by Crippen LogP contribution is 2.17. The third kappa shape index (κ3) is 45.9. The van der Waals surface area contributed by atoms with Crippen LogP contribution in [0.15, 0.2) is 72.9 Å². The summed E-state index contributed by atoms with van der Waals surface area (Å²) in [4.78, 5) is 26.1. The van der Waals surface area contributed by atoms with E-state index in [-0.39, 0.29) is 24.9 Å². The van der Waals surface area contributed by atoms with Crippen molar-refractivity contribution >= 4 is 11.9 Å². The van der Waals surface area contributed by atoms with Gasteiger partial charge in [-0.05, 0) is 57.4 Å². The third-order valence-electron chi connectivity index (χ3n) is 12.0. The first kappa shape index (κ1) is 61.3. The van der Waals surface area contributed by atoms with Crippen LogP contribution in [0.25, 0.3) is 0 Å². The molecular formula is C58H103NO5. The molecule has 6 heteroatoms. The molecule has 0 aliphatic carbocycles. The fourth-order valence-electron chi connectivity index (χ4n) is 7.96. The smallest absolute Gasteiger partial charge is 0.306 e. The van der Waals surface area contributed by atoms with Crippen molar-refractivity contribution in [3.05, 3.63) is 72.9 Å². The number of unbranched alkanes of at least 4 members (excludes halogenated alkanes) is 26. The van der Waals surface area contributed by atoms with Gasteiger partial charge < -0.3 is 20.3 Å². The first-order valence-electron chi connectivity index (χ1n) is 27.2. The highest BCUT2D eigenvalue weighted by Gasteiger charge is 2.23. The van der Waals surface area contributed by atoms with Crippen molar-refractivity contribution in [3.8, 4) is 0 Å². The number of amides is 1. The monoisotopic (exact) mass is 894 g/mol. The van der Waals surface area contributed by atoms with Crippen molar-refractivity contribution in [1.29, 1.82) is 0 Å². The topological polar surface area (TPSA) is 95.9 Å². The van der Waals surface area contributed by atoms with E-state index >= 15 is 0 Å². The van der Waals surface area contributed by atoms with Crippen LogP contribution in [0.5, 0.6) is 0 Å². The molecule has 370 valence electrons. The SMILES string of the molecule is CC/C=C\C/C=C\C/C=C\C/C=C\C/C=C\C/C=C\C(CC(=O)NC(CO)C(O)CCCCCCCCCCCCCCCCCCC)OC(=O)CCCCCCCCCCCCC. The third-order valence-corrected chi connectivity index (χ3v) is 12.0. The predicted molar refractivity (Wildman–Crippen MR) is 278 cm³/mol. The maximum absolute atomic E-state index is 13.2. The van der Waals surface area contributed by atoms with Gasteiger partial charge >= 0.3 is 5.97 Å². The van der Waals surface area contributed by atoms with Crippen LogP contribution in [0.2, 0.25) is 0 Å². The number of aliphatic hydroxyl groups is 2. The van der Waals surface area contributed by atoms with E-state index in [0.717, 1.165) is 70.6 Å². The molecule has 0 aromatic carbocycles. The van der Waals surface area contributed by atoms with Gasteiger partial charge in [-0.1, -0.05) is 261 Å². The normalized spacial score (nSPS) is 13.8. The minimum Gasteiger partial charge on any atom is -0.458 e. The van der Waals surface area contributed by atoms with Crippen LogP contribution in [0.4, 0.5) is 0 Å². The minimum atomic E-state index is -0.821. The van der Waals surface area contributed by atoms with E-state index in [1.165, 1.54) is 141 Å². The number of allylic oxidation sites excluding steroid dienone is 11. The summed E-state index contributed by atoms with van der Waals surface area (Å²) in [6.45, 7) is 6.34. The number of carbonyl (C=O) groups excluding carboxylic acids is 2. The molecule has 64 heavy (non-hydrogen) atoms. The van der Waals surface area contributed by atoms with Gasteiger partial charge in [0, 0.05) is 6.42 Å². The minimum absolute atomic E-state index is 0.0471. The Hall–Kier alpha value is -2.70. The number of hydrogen-bond donors (Lipinski definition) is 3. The molecule has 0 saturated carbocycles. The number of aliphatic hydroxyl groups excluding tert-OH is 2. The second-order valence-corrected chi connectivity index (χ2v) is 18.3. The molecule has 1 amide bonds. The summed E-state index contributed by atoms with van der Waals surface area (Å²) >= 11 is 0. The zero-order valence-electron chi connectivity index (χ0n) is 42.1. The van der Waals surface area contributed by atoms with Crippen molar-refractivity contribution in [2.24, 2.45) is 0 Å². The fraction of sp³-hybridized carbons (Fsp3) is 0.759. The maximum Gasteiger partial charge on any atom is 0.306 e. The Morgan fingerprint density at radius 1 is 0.469 bits per heavy atom. The van der Waals surface area contributed by atoms with Crippen LogP contribution in [-0.4, -0.2) is 46.9 Å². The van der Waals surface area contributed by atoms with Gasteiger partial charge in [0.05, 0.1) is 25.2 Å². The summed E-state index contributed by atoms with van der Waals surface area (Å²) in [5, 5.41) is 23.8. The Labute approximate surface area is 396 Å². The summed E-state index contributed by atoms with van der Waals surface area (Å²) in [7, 11) is 0. The van der Waals surface area contributed by atoms with Gasteiger partial charge in [0.25, 0.3) is 0 Å². The summed E-state index contributed by atoms with van der Waals surface area (Å²) in [6, 6.07) is -0.744. The number of carbonyl (C=O) groups is 2. The lowest BCUT2D eigenvalue weighted by atomic mass is 10.0. The Morgan fingerprint density at radius 3 is 1.19 bits per heavy atom. The molecule has 0 bridgehead atoms. The average molecular weight is 894 g/mol. The first-order chi connectivity index (χ1) is 31.5.